The molecule has 0 atom stereocenters. The Kier molecular flexibility index (Phi) is 3.87. The molecule has 0 amide bonds. The minimum atomic E-state index is -1.39. The molecule has 0 aromatic heterocycles. The lowest BCUT2D eigenvalue weighted by atomic mass is 9.76. The van der Waals surface area contributed by atoms with E-state index < -0.39 is 7.12 Å². The molecule has 0 heterocycles. The Balaban J connectivity index is 2.24. The van der Waals surface area contributed by atoms with Gasteiger partial charge in [-0.1, -0.05) is 43.5 Å². The normalized spacial score (nSPS) is 19.0. The quantitative estimate of drug-likeness (QED) is 0.772. The molecule has 1 aliphatic carbocycles. The molecule has 1 aromatic rings. The van der Waals surface area contributed by atoms with Gasteiger partial charge in [-0.05, 0) is 23.9 Å². The standard InChI is InChI=1S/C13H19BO3/c1-17-13(9-3-2-4-10-13)11-5-7-12(8-6-11)14(15)16/h5-8,15-16H,2-4,9-10H2,1H3. The molecule has 0 saturated heterocycles. The minimum Gasteiger partial charge on any atom is -0.423 e. The molecular weight excluding hydrogens is 215 g/mol. The van der Waals surface area contributed by atoms with Crippen LogP contribution < -0.4 is 5.46 Å². The van der Waals surface area contributed by atoms with Crippen LogP contribution in [0.25, 0.3) is 0 Å². The monoisotopic (exact) mass is 234 g/mol. The van der Waals surface area contributed by atoms with E-state index in [1.54, 1.807) is 19.2 Å². The van der Waals surface area contributed by atoms with Gasteiger partial charge in [0.25, 0.3) is 0 Å². The number of ether oxygens (including phenoxy) is 1. The van der Waals surface area contributed by atoms with Gasteiger partial charge in [0.1, 0.15) is 0 Å². The fourth-order valence-corrected chi connectivity index (χ4v) is 2.69. The van der Waals surface area contributed by atoms with E-state index in [0.29, 0.717) is 5.46 Å². The number of rotatable bonds is 3. The molecular formula is C13H19BO3. The Morgan fingerprint density at radius 1 is 1.06 bits per heavy atom. The van der Waals surface area contributed by atoms with E-state index in [1.807, 2.05) is 12.1 Å². The first-order valence-corrected chi connectivity index (χ1v) is 6.20. The number of hydrogen-bond acceptors (Lipinski definition) is 3. The van der Waals surface area contributed by atoms with Crippen LogP contribution in [0.3, 0.4) is 0 Å². The maximum atomic E-state index is 9.07. The van der Waals surface area contributed by atoms with Crippen LogP contribution in [0.15, 0.2) is 24.3 Å². The first-order valence-electron chi connectivity index (χ1n) is 6.20. The van der Waals surface area contributed by atoms with E-state index in [4.69, 9.17) is 14.8 Å². The summed E-state index contributed by atoms with van der Waals surface area (Å²) in [7, 11) is 0.369. The molecule has 2 N–H and O–H groups in total. The van der Waals surface area contributed by atoms with Crippen molar-refractivity contribution in [2.45, 2.75) is 37.7 Å². The third-order valence-electron chi connectivity index (χ3n) is 3.79. The summed E-state index contributed by atoms with van der Waals surface area (Å²) < 4.78 is 5.74. The van der Waals surface area contributed by atoms with Gasteiger partial charge in [0, 0.05) is 7.11 Å². The van der Waals surface area contributed by atoms with Crippen LogP contribution in [-0.4, -0.2) is 24.3 Å². The smallest absolute Gasteiger partial charge is 0.423 e. The fourth-order valence-electron chi connectivity index (χ4n) is 2.69. The van der Waals surface area contributed by atoms with Crippen molar-refractivity contribution in [3.05, 3.63) is 29.8 Å². The molecule has 0 aliphatic heterocycles. The summed E-state index contributed by atoms with van der Waals surface area (Å²) in [6.45, 7) is 0. The van der Waals surface area contributed by atoms with Gasteiger partial charge in [-0.25, -0.2) is 0 Å². The molecule has 2 rings (SSSR count). The summed E-state index contributed by atoms with van der Waals surface area (Å²) in [5.74, 6) is 0. The van der Waals surface area contributed by atoms with Crippen molar-refractivity contribution in [1.29, 1.82) is 0 Å². The zero-order valence-corrected chi connectivity index (χ0v) is 10.2. The van der Waals surface area contributed by atoms with Crippen molar-refractivity contribution < 1.29 is 14.8 Å². The predicted octanol–water partition coefficient (Wildman–Crippen LogP) is 1.17. The first kappa shape index (κ1) is 12.6. The predicted molar refractivity (Wildman–Crippen MR) is 68.0 cm³/mol. The van der Waals surface area contributed by atoms with Gasteiger partial charge >= 0.3 is 7.12 Å². The van der Waals surface area contributed by atoms with E-state index in [2.05, 4.69) is 0 Å². The highest BCUT2D eigenvalue weighted by atomic mass is 16.5. The van der Waals surface area contributed by atoms with E-state index >= 15 is 0 Å². The Hall–Kier alpha value is -0.835. The van der Waals surface area contributed by atoms with Crippen molar-refractivity contribution >= 4 is 12.6 Å². The summed E-state index contributed by atoms with van der Waals surface area (Å²) in [4.78, 5) is 0. The Morgan fingerprint density at radius 3 is 2.12 bits per heavy atom. The third kappa shape index (κ3) is 2.54. The lowest BCUT2D eigenvalue weighted by Gasteiger charge is -2.36. The largest absolute Gasteiger partial charge is 0.488 e. The molecule has 4 heteroatoms. The second-order valence-corrected chi connectivity index (χ2v) is 4.75. The molecule has 17 heavy (non-hydrogen) atoms. The van der Waals surface area contributed by atoms with Crippen LogP contribution in [0, 0.1) is 0 Å². The second kappa shape index (κ2) is 5.21. The highest BCUT2D eigenvalue weighted by Gasteiger charge is 2.33. The van der Waals surface area contributed by atoms with Crippen LogP contribution in [-0.2, 0) is 10.3 Å². The summed E-state index contributed by atoms with van der Waals surface area (Å²) in [6, 6.07) is 7.41. The summed E-state index contributed by atoms with van der Waals surface area (Å²) in [6.07, 6.45) is 5.75. The van der Waals surface area contributed by atoms with Crippen molar-refractivity contribution in [1.82, 2.24) is 0 Å². The number of hydrogen-bond donors (Lipinski definition) is 2. The molecule has 1 aromatic carbocycles. The van der Waals surface area contributed by atoms with Crippen molar-refractivity contribution in [3.8, 4) is 0 Å². The molecule has 0 radical (unpaired) electrons. The highest BCUT2D eigenvalue weighted by Crippen LogP contribution is 2.39. The van der Waals surface area contributed by atoms with E-state index in [1.165, 1.54) is 19.3 Å². The van der Waals surface area contributed by atoms with Crippen LogP contribution in [0.4, 0.5) is 0 Å². The number of methoxy groups -OCH3 is 1. The minimum absolute atomic E-state index is 0.169. The van der Waals surface area contributed by atoms with Crippen LogP contribution >= 0.6 is 0 Å². The maximum Gasteiger partial charge on any atom is 0.488 e. The molecule has 3 nitrogen and oxygen atoms in total. The Bertz CT molecular complexity index is 355. The van der Waals surface area contributed by atoms with E-state index in [-0.39, 0.29) is 5.60 Å². The molecule has 1 aliphatic rings. The molecule has 1 fully saturated rings. The molecule has 92 valence electrons. The van der Waals surface area contributed by atoms with Crippen LogP contribution in [0.5, 0.6) is 0 Å². The maximum absolute atomic E-state index is 9.07. The molecule has 0 spiro atoms. The van der Waals surface area contributed by atoms with Crippen molar-refractivity contribution in [2.24, 2.45) is 0 Å². The summed E-state index contributed by atoms with van der Waals surface area (Å²) >= 11 is 0. The Morgan fingerprint density at radius 2 is 1.65 bits per heavy atom. The van der Waals surface area contributed by atoms with Gasteiger partial charge in [-0.15, -0.1) is 0 Å². The highest BCUT2D eigenvalue weighted by molar-refractivity contribution is 6.58. The van der Waals surface area contributed by atoms with Crippen LogP contribution in [0.1, 0.15) is 37.7 Å². The van der Waals surface area contributed by atoms with Gasteiger partial charge in [-0.3, -0.25) is 0 Å². The van der Waals surface area contributed by atoms with Crippen LogP contribution in [0.2, 0.25) is 0 Å². The van der Waals surface area contributed by atoms with E-state index in [9.17, 15) is 0 Å². The summed E-state index contributed by atoms with van der Waals surface area (Å²) in [5.41, 5.74) is 1.50. The zero-order valence-electron chi connectivity index (χ0n) is 10.2. The Labute approximate surface area is 103 Å². The van der Waals surface area contributed by atoms with Gasteiger partial charge in [0.15, 0.2) is 0 Å². The zero-order chi connectivity index (χ0) is 12.3. The number of benzene rings is 1. The van der Waals surface area contributed by atoms with E-state index in [0.717, 1.165) is 18.4 Å². The lowest BCUT2D eigenvalue weighted by molar-refractivity contribution is -0.0445. The van der Waals surface area contributed by atoms with Crippen molar-refractivity contribution in [2.75, 3.05) is 7.11 Å². The van der Waals surface area contributed by atoms with Gasteiger partial charge in [0.2, 0.25) is 0 Å². The van der Waals surface area contributed by atoms with Gasteiger partial charge in [-0.2, -0.15) is 0 Å². The van der Waals surface area contributed by atoms with Crippen molar-refractivity contribution in [3.63, 3.8) is 0 Å². The lowest BCUT2D eigenvalue weighted by Crippen LogP contribution is -2.33. The average Bonchev–Trinajstić information content (AvgIpc) is 2.39. The first-order chi connectivity index (χ1) is 8.18. The topological polar surface area (TPSA) is 49.7 Å². The molecule has 0 bridgehead atoms. The molecule has 1 saturated carbocycles. The third-order valence-corrected chi connectivity index (χ3v) is 3.79. The summed E-state index contributed by atoms with van der Waals surface area (Å²) in [5, 5.41) is 18.1. The second-order valence-electron chi connectivity index (χ2n) is 4.75. The van der Waals surface area contributed by atoms with Gasteiger partial charge < -0.3 is 14.8 Å². The SMILES string of the molecule is COC1(c2ccc(B(O)O)cc2)CCCCC1. The fraction of sp³-hybridized carbons (Fsp3) is 0.538. The molecule has 0 unspecified atom stereocenters. The average molecular weight is 234 g/mol. The van der Waals surface area contributed by atoms with Gasteiger partial charge in [0.05, 0.1) is 5.60 Å².